The highest BCUT2D eigenvalue weighted by molar-refractivity contribution is 7.90. The second-order valence-electron chi connectivity index (χ2n) is 8.39. The van der Waals surface area contributed by atoms with Crippen LogP contribution in [0.4, 0.5) is 8.78 Å². The first kappa shape index (κ1) is 21.6. The van der Waals surface area contributed by atoms with Crippen molar-refractivity contribution in [3.8, 4) is 17.2 Å². The molecule has 0 spiro atoms. The maximum absolute atomic E-state index is 14.6. The number of allylic oxidation sites excluding steroid dienone is 1. The third kappa shape index (κ3) is 3.88. The molecule has 1 aromatic carbocycles. The number of sulfonamides is 1. The number of alkyl halides is 2. The zero-order valence-electron chi connectivity index (χ0n) is 17.2. The predicted molar refractivity (Wildman–Crippen MR) is 114 cm³/mol. The normalized spacial score (nSPS) is 31.3. The number of nitriles is 1. The van der Waals surface area contributed by atoms with Gasteiger partial charge < -0.3 is 0 Å². The van der Waals surface area contributed by atoms with E-state index in [0.29, 0.717) is 11.3 Å². The van der Waals surface area contributed by atoms with E-state index in [-0.39, 0.29) is 0 Å². The largest absolute Gasteiger partial charge is 0.256 e. The average Bonchev–Trinajstić information content (AvgIpc) is 2.96. The molecule has 31 heavy (non-hydrogen) atoms. The van der Waals surface area contributed by atoms with Crippen molar-refractivity contribution in [3.63, 3.8) is 0 Å². The standard InChI is InChI=1S/C23H23F2N3O2S/c1-14-19(22-15(2)28-31(29,30)21(22)11-23(14,24)25)10-9-18-8-7-17(13-27-18)20-6-4-3-5-16(20)12-26/h3-10,13-15,19,21-22,28H,11H2,1-2H3/b10-9+/t14-,15+,19-,21+,22-/m0/s1. The monoisotopic (exact) mass is 443 g/mol. The summed E-state index contributed by atoms with van der Waals surface area (Å²) in [5.74, 6) is -5.07. The Labute approximate surface area is 180 Å². The van der Waals surface area contributed by atoms with Gasteiger partial charge in [-0.1, -0.05) is 37.3 Å². The van der Waals surface area contributed by atoms with E-state index < -0.39 is 51.4 Å². The number of fused-ring (bicyclic) bond motifs is 1. The molecule has 5 nitrogen and oxygen atoms in total. The first-order valence-corrected chi connectivity index (χ1v) is 11.7. The number of rotatable bonds is 3. The van der Waals surface area contributed by atoms with Crippen LogP contribution in [-0.2, 0) is 10.0 Å². The molecule has 1 saturated carbocycles. The Balaban J connectivity index is 1.62. The van der Waals surface area contributed by atoms with Gasteiger partial charge in [-0.3, -0.25) is 4.98 Å². The van der Waals surface area contributed by atoms with Crippen molar-refractivity contribution in [1.29, 1.82) is 5.26 Å². The lowest BCUT2D eigenvalue weighted by atomic mass is 9.68. The predicted octanol–water partition coefficient (Wildman–Crippen LogP) is 4.23. The number of aromatic nitrogens is 1. The van der Waals surface area contributed by atoms with E-state index in [0.717, 1.165) is 11.1 Å². The second kappa shape index (κ2) is 7.81. The Hall–Kier alpha value is -2.63. The van der Waals surface area contributed by atoms with Gasteiger partial charge in [0.25, 0.3) is 5.92 Å². The number of pyridine rings is 1. The summed E-state index contributed by atoms with van der Waals surface area (Å²) in [5, 5.41) is 8.18. The molecule has 0 unspecified atom stereocenters. The van der Waals surface area contributed by atoms with E-state index in [4.69, 9.17) is 0 Å². The number of hydrogen-bond donors (Lipinski definition) is 1. The molecule has 162 valence electrons. The van der Waals surface area contributed by atoms with Gasteiger partial charge in [-0.25, -0.2) is 21.9 Å². The molecule has 0 amide bonds. The van der Waals surface area contributed by atoms with Crippen LogP contribution in [0.15, 0.2) is 48.7 Å². The molecule has 1 aromatic heterocycles. The quantitative estimate of drug-likeness (QED) is 0.770. The zero-order chi connectivity index (χ0) is 22.4. The molecule has 2 fully saturated rings. The summed E-state index contributed by atoms with van der Waals surface area (Å²) >= 11 is 0. The van der Waals surface area contributed by atoms with E-state index >= 15 is 0 Å². The van der Waals surface area contributed by atoms with Gasteiger partial charge in [-0.15, -0.1) is 0 Å². The molecular formula is C23H23F2N3O2S. The van der Waals surface area contributed by atoms with Crippen molar-refractivity contribution in [2.45, 2.75) is 37.5 Å². The highest BCUT2D eigenvalue weighted by Crippen LogP contribution is 2.50. The van der Waals surface area contributed by atoms with E-state index in [2.05, 4.69) is 15.8 Å². The minimum absolute atomic E-state index is 0.402. The van der Waals surface area contributed by atoms with Crippen LogP contribution >= 0.6 is 0 Å². The van der Waals surface area contributed by atoms with E-state index in [9.17, 15) is 22.5 Å². The molecule has 1 saturated heterocycles. The van der Waals surface area contributed by atoms with Crippen molar-refractivity contribution < 1.29 is 17.2 Å². The van der Waals surface area contributed by atoms with Crippen LogP contribution in [0.25, 0.3) is 17.2 Å². The molecule has 1 aliphatic heterocycles. The molecule has 4 rings (SSSR count). The zero-order valence-corrected chi connectivity index (χ0v) is 18.0. The Morgan fingerprint density at radius 1 is 1.23 bits per heavy atom. The van der Waals surface area contributed by atoms with Gasteiger partial charge in [0, 0.05) is 41.6 Å². The maximum Gasteiger partial charge on any atom is 0.252 e. The van der Waals surface area contributed by atoms with Crippen LogP contribution in [-0.4, -0.2) is 30.6 Å². The van der Waals surface area contributed by atoms with E-state index in [1.807, 2.05) is 18.2 Å². The lowest BCUT2D eigenvalue weighted by Gasteiger charge is -2.42. The first-order chi connectivity index (χ1) is 14.6. The van der Waals surface area contributed by atoms with Crippen LogP contribution in [0.3, 0.4) is 0 Å². The Kier molecular flexibility index (Phi) is 5.44. The Morgan fingerprint density at radius 3 is 2.65 bits per heavy atom. The molecule has 1 aliphatic carbocycles. The number of nitrogens with zero attached hydrogens (tertiary/aromatic N) is 2. The lowest BCUT2D eigenvalue weighted by Crippen LogP contribution is -2.49. The van der Waals surface area contributed by atoms with Crippen LogP contribution in [0.1, 0.15) is 31.5 Å². The fraction of sp³-hybridized carbons (Fsp3) is 0.391. The van der Waals surface area contributed by atoms with Gasteiger partial charge >= 0.3 is 0 Å². The summed E-state index contributed by atoms with van der Waals surface area (Å²) in [6.45, 7) is 3.22. The van der Waals surface area contributed by atoms with E-state index in [1.54, 1.807) is 43.5 Å². The van der Waals surface area contributed by atoms with Crippen molar-refractivity contribution in [2.75, 3.05) is 0 Å². The highest BCUT2D eigenvalue weighted by atomic mass is 32.2. The topological polar surface area (TPSA) is 82.9 Å². The van der Waals surface area contributed by atoms with Crippen molar-refractivity contribution >= 4 is 16.1 Å². The van der Waals surface area contributed by atoms with Gasteiger partial charge in [-0.05, 0) is 31.1 Å². The van der Waals surface area contributed by atoms with Gasteiger partial charge in [0.1, 0.15) is 0 Å². The molecule has 2 aromatic rings. The molecule has 0 bridgehead atoms. The van der Waals surface area contributed by atoms with E-state index in [1.165, 1.54) is 6.92 Å². The average molecular weight is 444 g/mol. The summed E-state index contributed by atoms with van der Waals surface area (Å²) in [6, 6.07) is 12.5. The summed E-state index contributed by atoms with van der Waals surface area (Å²) in [7, 11) is -3.76. The molecule has 0 radical (unpaired) electrons. The summed E-state index contributed by atoms with van der Waals surface area (Å²) in [6.07, 6.45) is 4.35. The highest BCUT2D eigenvalue weighted by Gasteiger charge is 2.60. The van der Waals surface area contributed by atoms with Crippen molar-refractivity contribution in [3.05, 3.63) is 59.9 Å². The maximum atomic E-state index is 14.6. The van der Waals surface area contributed by atoms with Gasteiger partial charge in [0.05, 0.1) is 22.6 Å². The van der Waals surface area contributed by atoms with Gasteiger partial charge in [0.2, 0.25) is 10.0 Å². The smallest absolute Gasteiger partial charge is 0.252 e. The SMILES string of the molecule is C[C@H]1NS(=O)(=O)[C@@H]2CC(F)(F)[C@@H](C)[C@H](/C=C/c3ccc(-c4ccccc4C#N)cn3)[C@@H]21. The van der Waals surface area contributed by atoms with Crippen LogP contribution in [0, 0.1) is 29.1 Å². The van der Waals surface area contributed by atoms with Crippen LogP contribution in [0.5, 0.6) is 0 Å². The molecule has 5 atom stereocenters. The summed E-state index contributed by atoms with van der Waals surface area (Å²) in [5.41, 5.74) is 2.68. The molecule has 2 aliphatic rings. The molecule has 2 heterocycles. The minimum atomic E-state index is -3.76. The number of nitrogens with one attached hydrogen (secondary N) is 1. The molecule has 8 heteroatoms. The van der Waals surface area contributed by atoms with Crippen molar-refractivity contribution in [2.24, 2.45) is 17.8 Å². The fourth-order valence-electron chi connectivity index (χ4n) is 4.85. The number of halogens is 2. The Morgan fingerprint density at radius 2 is 1.97 bits per heavy atom. The molecule has 1 N–H and O–H groups in total. The summed E-state index contributed by atoms with van der Waals surface area (Å²) in [4.78, 5) is 4.39. The third-order valence-corrected chi connectivity index (χ3v) is 8.53. The fourth-order valence-corrected chi connectivity index (χ4v) is 6.97. The van der Waals surface area contributed by atoms with Gasteiger partial charge in [-0.2, -0.15) is 5.26 Å². The first-order valence-electron chi connectivity index (χ1n) is 10.2. The summed E-state index contributed by atoms with van der Waals surface area (Å²) < 4.78 is 56.5. The van der Waals surface area contributed by atoms with Crippen molar-refractivity contribution in [1.82, 2.24) is 9.71 Å². The van der Waals surface area contributed by atoms with Gasteiger partial charge in [0.15, 0.2) is 0 Å². The van der Waals surface area contributed by atoms with Crippen LogP contribution in [0.2, 0.25) is 0 Å². The number of hydrogen-bond acceptors (Lipinski definition) is 4. The lowest BCUT2D eigenvalue weighted by molar-refractivity contribution is -0.107. The van der Waals surface area contributed by atoms with Crippen LogP contribution < -0.4 is 4.72 Å². The second-order valence-corrected chi connectivity index (χ2v) is 10.3. The molecular weight excluding hydrogens is 420 g/mol. The number of benzene rings is 1. The third-order valence-electron chi connectivity index (χ3n) is 6.55. The Bertz CT molecular complexity index is 1160. The minimum Gasteiger partial charge on any atom is -0.256 e.